The molecule has 0 atom stereocenters. The van der Waals surface area contributed by atoms with Crippen LogP contribution in [-0.2, 0) is 16.6 Å². The van der Waals surface area contributed by atoms with E-state index in [-0.39, 0.29) is 11.4 Å². The molecule has 0 bridgehead atoms. The lowest BCUT2D eigenvalue weighted by Crippen LogP contribution is -2.23. The van der Waals surface area contributed by atoms with Crippen molar-refractivity contribution >= 4 is 21.1 Å². The summed E-state index contributed by atoms with van der Waals surface area (Å²) in [6.45, 7) is 2.39. The number of nitrogens with one attached hydrogen (secondary N) is 1. The van der Waals surface area contributed by atoms with E-state index in [9.17, 15) is 8.42 Å². The zero-order chi connectivity index (χ0) is 16.3. The number of rotatable bonds is 6. The van der Waals surface area contributed by atoms with Crippen LogP contribution >= 0.6 is 0 Å². The van der Waals surface area contributed by atoms with E-state index in [4.69, 9.17) is 9.15 Å². The Morgan fingerprint density at radius 3 is 2.57 bits per heavy atom. The number of nitrogens with zero attached hydrogens (tertiary/aromatic N) is 1. The van der Waals surface area contributed by atoms with Gasteiger partial charge in [0.25, 0.3) is 0 Å². The molecule has 1 N–H and O–H groups in total. The van der Waals surface area contributed by atoms with Crippen LogP contribution in [0.5, 0.6) is 5.75 Å². The molecular formula is C16H16N2O4S. The molecule has 0 radical (unpaired) electrons. The molecule has 120 valence electrons. The fourth-order valence-electron chi connectivity index (χ4n) is 2.12. The molecule has 1 heterocycles. The Hall–Kier alpha value is -2.38. The second-order valence-corrected chi connectivity index (χ2v) is 6.57. The molecule has 1 aromatic heterocycles. The highest BCUT2D eigenvalue weighted by Crippen LogP contribution is 2.17. The molecule has 3 aromatic rings. The van der Waals surface area contributed by atoms with Gasteiger partial charge in [-0.15, -0.1) is 0 Å². The van der Waals surface area contributed by atoms with Crippen LogP contribution in [0.4, 0.5) is 0 Å². The Balaban J connectivity index is 1.72. The van der Waals surface area contributed by atoms with Gasteiger partial charge in [-0.05, 0) is 43.3 Å². The number of benzene rings is 2. The Morgan fingerprint density at radius 1 is 1.13 bits per heavy atom. The lowest BCUT2D eigenvalue weighted by Gasteiger charge is -2.06. The minimum absolute atomic E-state index is 0.00970. The molecular weight excluding hydrogens is 316 g/mol. The maximum absolute atomic E-state index is 12.3. The van der Waals surface area contributed by atoms with E-state index in [0.29, 0.717) is 29.3 Å². The highest BCUT2D eigenvalue weighted by molar-refractivity contribution is 7.89. The van der Waals surface area contributed by atoms with E-state index < -0.39 is 10.0 Å². The molecule has 0 aliphatic heterocycles. The summed E-state index contributed by atoms with van der Waals surface area (Å²) < 4.78 is 37.8. The van der Waals surface area contributed by atoms with E-state index >= 15 is 0 Å². The minimum Gasteiger partial charge on any atom is -0.494 e. The second-order valence-electron chi connectivity index (χ2n) is 4.80. The normalized spacial score (nSPS) is 11.7. The molecule has 0 amide bonds. The SMILES string of the molecule is CCOc1ccc(S(=O)(=O)NCc2nc3ccccc3o2)cc1. The summed E-state index contributed by atoms with van der Waals surface area (Å²) in [5.74, 6) is 0.950. The number of para-hydroxylation sites is 2. The van der Waals surface area contributed by atoms with Crippen LogP contribution in [0.1, 0.15) is 12.8 Å². The third-order valence-corrected chi connectivity index (χ3v) is 4.61. The molecule has 0 unspecified atom stereocenters. The van der Waals surface area contributed by atoms with E-state index in [1.165, 1.54) is 12.1 Å². The predicted molar refractivity (Wildman–Crippen MR) is 85.6 cm³/mol. The van der Waals surface area contributed by atoms with Crippen molar-refractivity contribution < 1.29 is 17.6 Å². The van der Waals surface area contributed by atoms with Crippen LogP contribution in [0.25, 0.3) is 11.1 Å². The Morgan fingerprint density at radius 2 is 1.87 bits per heavy atom. The van der Waals surface area contributed by atoms with E-state index in [0.717, 1.165) is 0 Å². The van der Waals surface area contributed by atoms with Crippen molar-refractivity contribution in [3.8, 4) is 5.75 Å². The van der Waals surface area contributed by atoms with Crippen molar-refractivity contribution in [2.45, 2.75) is 18.4 Å². The van der Waals surface area contributed by atoms with Crippen LogP contribution < -0.4 is 9.46 Å². The van der Waals surface area contributed by atoms with Gasteiger partial charge in [0.1, 0.15) is 11.3 Å². The van der Waals surface area contributed by atoms with Crippen LogP contribution in [0, 0.1) is 0 Å². The highest BCUT2D eigenvalue weighted by atomic mass is 32.2. The van der Waals surface area contributed by atoms with E-state index in [1.54, 1.807) is 18.2 Å². The van der Waals surface area contributed by atoms with Gasteiger partial charge in [-0.3, -0.25) is 0 Å². The summed E-state index contributed by atoms with van der Waals surface area (Å²) in [6, 6.07) is 13.5. The van der Waals surface area contributed by atoms with Crippen molar-refractivity contribution in [3.63, 3.8) is 0 Å². The second kappa shape index (κ2) is 6.39. The number of hydrogen-bond donors (Lipinski definition) is 1. The maximum Gasteiger partial charge on any atom is 0.241 e. The average molecular weight is 332 g/mol. The minimum atomic E-state index is -3.63. The Bertz CT molecular complexity index is 868. The smallest absolute Gasteiger partial charge is 0.241 e. The summed E-state index contributed by atoms with van der Waals surface area (Å²) in [6.07, 6.45) is 0. The molecule has 0 spiro atoms. The van der Waals surface area contributed by atoms with Crippen molar-refractivity contribution in [1.29, 1.82) is 0 Å². The number of ether oxygens (including phenoxy) is 1. The Kier molecular flexibility index (Phi) is 4.31. The van der Waals surface area contributed by atoms with Crippen molar-refractivity contribution in [2.24, 2.45) is 0 Å². The summed E-state index contributed by atoms with van der Waals surface area (Å²) in [5, 5.41) is 0. The lowest BCUT2D eigenvalue weighted by atomic mass is 10.3. The number of aromatic nitrogens is 1. The fraction of sp³-hybridized carbons (Fsp3) is 0.188. The third-order valence-electron chi connectivity index (χ3n) is 3.20. The van der Waals surface area contributed by atoms with Gasteiger partial charge in [0.05, 0.1) is 18.0 Å². The molecule has 3 rings (SSSR count). The first kappa shape index (κ1) is 15.5. The molecule has 23 heavy (non-hydrogen) atoms. The molecule has 0 fully saturated rings. The molecule has 0 saturated heterocycles. The van der Waals surface area contributed by atoms with Crippen LogP contribution in [-0.4, -0.2) is 20.0 Å². The third kappa shape index (κ3) is 3.52. The summed E-state index contributed by atoms with van der Waals surface area (Å²) in [5.41, 5.74) is 1.32. The van der Waals surface area contributed by atoms with Crippen LogP contribution in [0.15, 0.2) is 57.8 Å². The predicted octanol–water partition coefficient (Wildman–Crippen LogP) is 2.71. The number of oxazole rings is 1. The van der Waals surface area contributed by atoms with Gasteiger partial charge in [0.2, 0.25) is 15.9 Å². The van der Waals surface area contributed by atoms with Gasteiger partial charge in [0, 0.05) is 0 Å². The average Bonchev–Trinajstić information content (AvgIpc) is 2.97. The number of hydrogen-bond acceptors (Lipinski definition) is 5. The first-order valence-electron chi connectivity index (χ1n) is 7.15. The summed E-state index contributed by atoms with van der Waals surface area (Å²) in [4.78, 5) is 4.40. The van der Waals surface area contributed by atoms with E-state index in [1.807, 2.05) is 25.1 Å². The maximum atomic E-state index is 12.3. The van der Waals surface area contributed by atoms with Crippen LogP contribution in [0.3, 0.4) is 0 Å². The van der Waals surface area contributed by atoms with Crippen molar-refractivity contribution in [1.82, 2.24) is 9.71 Å². The fourth-order valence-corrected chi connectivity index (χ4v) is 3.09. The number of sulfonamides is 1. The lowest BCUT2D eigenvalue weighted by molar-refractivity contribution is 0.340. The summed E-state index contributed by atoms with van der Waals surface area (Å²) >= 11 is 0. The molecule has 6 nitrogen and oxygen atoms in total. The zero-order valence-corrected chi connectivity index (χ0v) is 13.3. The summed E-state index contributed by atoms with van der Waals surface area (Å²) in [7, 11) is -3.63. The molecule has 0 aliphatic carbocycles. The van der Waals surface area contributed by atoms with Gasteiger partial charge in [-0.1, -0.05) is 12.1 Å². The first-order valence-corrected chi connectivity index (χ1v) is 8.64. The van der Waals surface area contributed by atoms with Gasteiger partial charge < -0.3 is 9.15 Å². The molecule has 0 saturated carbocycles. The van der Waals surface area contributed by atoms with Crippen molar-refractivity contribution in [2.75, 3.05) is 6.61 Å². The first-order chi connectivity index (χ1) is 11.1. The highest BCUT2D eigenvalue weighted by Gasteiger charge is 2.15. The van der Waals surface area contributed by atoms with Gasteiger partial charge in [-0.2, -0.15) is 0 Å². The largest absolute Gasteiger partial charge is 0.494 e. The Labute approximate surface area is 134 Å². The van der Waals surface area contributed by atoms with Crippen molar-refractivity contribution in [3.05, 3.63) is 54.4 Å². The van der Waals surface area contributed by atoms with Gasteiger partial charge in [0.15, 0.2) is 5.58 Å². The van der Waals surface area contributed by atoms with E-state index in [2.05, 4.69) is 9.71 Å². The van der Waals surface area contributed by atoms with Gasteiger partial charge >= 0.3 is 0 Å². The monoisotopic (exact) mass is 332 g/mol. The van der Waals surface area contributed by atoms with Crippen LogP contribution in [0.2, 0.25) is 0 Å². The molecule has 7 heteroatoms. The topological polar surface area (TPSA) is 81.4 Å². The zero-order valence-electron chi connectivity index (χ0n) is 12.5. The standard InChI is InChI=1S/C16H16N2O4S/c1-2-21-12-7-9-13(10-8-12)23(19,20)17-11-16-18-14-5-3-4-6-15(14)22-16/h3-10,17H,2,11H2,1H3. The number of fused-ring (bicyclic) bond motifs is 1. The van der Waals surface area contributed by atoms with Gasteiger partial charge in [-0.25, -0.2) is 18.1 Å². The molecule has 2 aromatic carbocycles. The molecule has 0 aliphatic rings. The quantitative estimate of drug-likeness (QED) is 0.750.